The van der Waals surface area contributed by atoms with Crippen LogP contribution in [0.1, 0.15) is 17.4 Å². The first kappa shape index (κ1) is 12.3. The molecule has 17 heavy (non-hydrogen) atoms. The van der Waals surface area contributed by atoms with Crippen molar-refractivity contribution in [2.75, 3.05) is 7.05 Å². The predicted octanol–water partition coefficient (Wildman–Crippen LogP) is 3.09. The van der Waals surface area contributed by atoms with Crippen molar-refractivity contribution >= 4 is 23.2 Å². The SMILES string of the molecule is CNC(c1ncccn1)c1cc(Cl)ccc1Cl. The molecule has 0 aliphatic carbocycles. The van der Waals surface area contributed by atoms with Crippen LogP contribution in [0.2, 0.25) is 10.0 Å². The van der Waals surface area contributed by atoms with Crippen molar-refractivity contribution in [3.63, 3.8) is 0 Å². The van der Waals surface area contributed by atoms with Gasteiger partial charge in [-0.1, -0.05) is 23.2 Å². The van der Waals surface area contributed by atoms with Crippen molar-refractivity contribution in [3.8, 4) is 0 Å². The summed E-state index contributed by atoms with van der Waals surface area (Å²) in [6, 6.07) is 6.96. The second-order valence-corrected chi connectivity index (χ2v) is 4.34. The van der Waals surface area contributed by atoms with Gasteiger partial charge in [-0.25, -0.2) is 9.97 Å². The molecule has 3 nitrogen and oxygen atoms in total. The number of hydrogen-bond acceptors (Lipinski definition) is 3. The molecule has 0 bridgehead atoms. The summed E-state index contributed by atoms with van der Waals surface area (Å²) in [5.74, 6) is 0.666. The molecule has 88 valence electrons. The monoisotopic (exact) mass is 267 g/mol. The molecule has 5 heteroatoms. The Labute approximate surface area is 110 Å². The lowest BCUT2D eigenvalue weighted by molar-refractivity contribution is 0.646. The summed E-state index contributed by atoms with van der Waals surface area (Å²) in [6.45, 7) is 0. The third-order valence-corrected chi connectivity index (χ3v) is 2.98. The molecule has 0 saturated carbocycles. The van der Waals surface area contributed by atoms with E-state index in [-0.39, 0.29) is 6.04 Å². The molecule has 2 rings (SSSR count). The van der Waals surface area contributed by atoms with E-state index in [1.54, 1.807) is 30.6 Å². The van der Waals surface area contributed by atoms with Crippen LogP contribution in [0.25, 0.3) is 0 Å². The number of nitrogens with one attached hydrogen (secondary N) is 1. The topological polar surface area (TPSA) is 37.8 Å². The zero-order valence-corrected chi connectivity index (χ0v) is 10.7. The van der Waals surface area contributed by atoms with E-state index in [1.807, 2.05) is 13.1 Å². The minimum absolute atomic E-state index is 0.164. The van der Waals surface area contributed by atoms with Gasteiger partial charge in [-0.15, -0.1) is 0 Å². The summed E-state index contributed by atoms with van der Waals surface area (Å²) in [7, 11) is 1.83. The van der Waals surface area contributed by atoms with Gasteiger partial charge in [0, 0.05) is 22.4 Å². The van der Waals surface area contributed by atoms with Crippen LogP contribution in [0.4, 0.5) is 0 Å². The maximum Gasteiger partial charge on any atom is 0.149 e. The van der Waals surface area contributed by atoms with Crippen LogP contribution < -0.4 is 5.32 Å². The molecule has 1 unspecified atom stereocenters. The van der Waals surface area contributed by atoms with E-state index in [9.17, 15) is 0 Å². The zero-order valence-electron chi connectivity index (χ0n) is 9.19. The molecule has 1 heterocycles. The summed E-state index contributed by atoms with van der Waals surface area (Å²) in [5, 5.41) is 4.41. The minimum atomic E-state index is -0.164. The summed E-state index contributed by atoms with van der Waals surface area (Å²) in [5.41, 5.74) is 0.868. The van der Waals surface area contributed by atoms with Crippen LogP contribution >= 0.6 is 23.2 Å². The standard InChI is InChI=1S/C12H11Cl2N3/c1-15-11(12-16-5-2-6-17-12)9-7-8(13)3-4-10(9)14/h2-7,11,15H,1H3. The first-order valence-corrected chi connectivity index (χ1v) is 5.87. The van der Waals surface area contributed by atoms with Gasteiger partial charge in [-0.2, -0.15) is 0 Å². The van der Waals surface area contributed by atoms with Crippen molar-refractivity contribution in [2.45, 2.75) is 6.04 Å². The Bertz CT molecular complexity index is 502. The highest BCUT2D eigenvalue weighted by Crippen LogP contribution is 2.28. The first-order valence-electron chi connectivity index (χ1n) is 5.11. The normalized spacial score (nSPS) is 12.4. The molecule has 0 saturated heterocycles. The van der Waals surface area contributed by atoms with Crippen LogP contribution in [0, 0.1) is 0 Å². The van der Waals surface area contributed by atoms with Gasteiger partial charge >= 0.3 is 0 Å². The van der Waals surface area contributed by atoms with Crippen molar-refractivity contribution in [2.24, 2.45) is 0 Å². The summed E-state index contributed by atoms with van der Waals surface area (Å²) >= 11 is 12.1. The molecule has 0 spiro atoms. The van der Waals surface area contributed by atoms with Gasteiger partial charge in [0.1, 0.15) is 5.82 Å². The number of benzene rings is 1. The fourth-order valence-corrected chi connectivity index (χ4v) is 2.03. The van der Waals surface area contributed by atoms with Gasteiger partial charge < -0.3 is 5.32 Å². The highest BCUT2D eigenvalue weighted by atomic mass is 35.5. The molecule has 0 amide bonds. The average Bonchev–Trinajstić information content (AvgIpc) is 2.36. The smallest absolute Gasteiger partial charge is 0.149 e. The van der Waals surface area contributed by atoms with Crippen molar-refractivity contribution in [1.82, 2.24) is 15.3 Å². The van der Waals surface area contributed by atoms with E-state index in [4.69, 9.17) is 23.2 Å². The molecule has 1 N–H and O–H groups in total. The number of halogens is 2. The molecule has 0 aliphatic heterocycles. The van der Waals surface area contributed by atoms with E-state index in [0.717, 1.165) is 5.56 Å². The fourth-order valence-electron chi connectivity index (χ4n) is 1.62. The Morgan fingerprint density at radius 3 is 2.53 bits per heavy atom. The Kier molecular flexibility index (Phi) is 3.94. The molecular formula is C12H11Cl2N3. The second-order valence-electron chi connectivity index (χ2n) is 3.49. The van der Waals surface area contributed by atoms with Crippen molar-refractivity contribution < 1.29 is 0 Å². The highest BCUT2D eigenvalue weighted by molar-refractivity contribution is 6.33. The Morgan fingerprint density at radius 2 is 1.88 bits per heavy atom. The summed E-state index contributed by atoms with van der Waals surface area (Å²) < 4.78 is 0. The molecule has 1 aromatic heterocycles. The average molecular weight is 268 g/mol. The van der Waals surface area contributed by atoms with Crippen LogP contribution in [-0.2, 0) is 0 Å². The van der Waals surface area contributed by atoms with Gasteiger partial charge in [-0.3, -0.25) is 0 Å². The molecule has 0 radical (unpaired) electrons. The van der Waals surface area contributed by atoms with Gasteiger partial charge in [0.25, 0.3) is 0 Å². The molecule has 0 fully saturated rings. The number of hydrogen-bond donors (Lipinski definition) is 1. The maximum atomic E-state index is 6.17. The van der Waals surface area contributed by atoms with Crippen LogP contribution in [0.15, 0.2) is 36.7 Å². The molecular weight excluding hydrogens is 257 g/mol. The number of aromatic nitrogens is 2. The van der Waals surface area contributed by atoms with Crippen LogP contribution in [-0.4, -0.2) is 17.0 Å². The largest absolute Gasteiger partial charge is 0.307 e. The highest BCUT2D eigenvalue weighted by Gasteiger charge is 2.17. The predicted molar refractivity (Wildman–Crippen MR) is 69.4 cm³/mol. The maximum absolute atomic E-state index is 6.17. The first-order chi connectivity index (χ1) is 8.22. The molecule has 1 aromatic carbocycles. The summed E-state index contributed by atoms with van der Waals surface area (Å²) in [4.78, 5) is 8.44. The Hall–Kier alpha value is -1.16. The second kappa shape index (κ2) is 5.45. The lowest BCUT2D eigenvalue weighted by Gasteiger charge is -2.16. The van der Waals surface area contributed by atoms with Gasteiger partial charge in [0.05, 0.1) is 6.04 Å². The van der Waals surface area contributed by atoms with Gasteiger partial charge in [0.2, 0.25) is 0 Å². The minimum Gasteiger partial charge on any atom is -0.307 e. The van der Waals surface area contributed by atoms with Crippen molar-refractivity contribution in [1.29, 1.82) is 0 Å². The van der Waals surface area contributed by atoms with E-state index < -0.39 is 0 Å². The van der Waals surface area contributed by atoms with E-state index in [2.05, 4.69) is 15.3 Å². The molecule has 2 aromatic rings. The number of rotatable bonds is 3. The Balaban J connectivity index is 2.46. The summed E-state index contributed by atoms with van der Waals surface area (Å²) in [6.07, 6.45) is 3.40. The van der Waals surface area contributed by atoms with Gasteiger partial charge in [-0.05, 0) is 36.9 Å². The quantitative estimate of drug-likeness (QED) is 0.929. The lowest BCUT2D eigenvalue weighted by Crippen LogP contribution is -2.20. The van der Waals surface area contributed by atoms with Gasteiger partial charge in [0.15, 0.2) is 0 Å². The van der Waals surface area contributed by atoms with Crippen LogP contribution in [0.3, 0.4) is 0 Å². The molecule has 1 atom stereocenters. The van der Waals surface area contributed by atoms with E-state index in [0.29, 0.717) is 15.9 Å². The van der Waals surface area contributed by atoms with Crippen LogP contribution in [0.5, 0.6) is 0 Å². The van der Waals surface area contributed by atoms with Crippen molar-refractivity contribution in [3.05, 3.63) is 58.1 Å². The fraction of sp³-hybridized carbons (Fsp3) is 0.167. The zero-order chi connectivity index (χ0) is 12.3. The van der Waals surface area contributed by atoms with E-state index >= 15 is 0 Å². The third kappa shape index (κ3) is 2.75. The number of nitrogens with zero attached hydrogens (tertiary/aromatic N) is 2. The lowest BCUT2D eigenvalue weighted by atomic mass is 10.1. The Morgan fingerprint density at radius 1 is 1.18 bits per heavy atom. The van der Waals surface area contributed by atoms with E-state index in [1.165, 1.54) is 0 Å². The third-order valence-electron chi connectivity index (χ3n) is 2.40. The molecule has 0 aliphatic rings.